The summed E-state index contributed by atoms with van der Waals surface area (Å²) in [6.45, 7) is 5.42. The molecular formula is C27H27FN2. The third-order valence-electron chi connectivity index (χ3n) is 5.31. The molecule has 0 aliphatic heterocycles. The van der Waals surface area contributed by atoms with Gasteiger partial charge >= 0.3 is 0 Å². The van der Waals surface area contributed by atoms with Crippen molar-refractivity contribution in [3.8, 4) is 0 Å². The van der Waals surface area contributed by atoms with Crippen molar-refractivity contribution in [3.05, 3.63) is 131 Å². The Kier molecular flexibility index (Phi) is 6.41. The van der Waals surface area contributed by atoms with Gasteiger partial charge in [0, 0.05) is 38.1 Å². The van der Waals surface area contributed by atoms with Crippen molar-refractivity contribution in [2.75, 3.05) is 0 Å². The van der Waals surface area contributed by atoms with E-state index in [4.69, 9.17) is 0 Å². The van der Waals surface area contributed by atoms with Gasteiger partial charge in [0.25, 0.3) is 0 Å². The van der Waals surface area contributed by atoms with Crippen LogP contribution in [0.2, 0.25) is 0 Å². The Labute approximate surface area is 178 Å². The summed E-state index contributed by atoms with van der Waals surface area (Å²) in [6, 6.07) is 30.3. The first-order valence-electron chi connectivity index (χ1n) is 10.4. The molecule has 4 rings (SSSR count). The molecule has 0 bridgehead atoms. The molecule has 3 aromatic carbocycles. The summed E-state index contributed by atoms with van der Waals surface area (Å²) in [5.41, 5.74) is 6.25. The molecule has 152 valence electrons. The highest BCUT2D eigenvalue weighted by molar-refractivity contribution is 5.24. The van der Waals surface area contributed by atoms with E-state index in [2.05, 4.69) is 83.3 Å². The van der Waals surface area contributed by atoms with Crippen molar-refractivity contribution in [1.82, 2.24) is 9.47 Å². The Bertz CT molecular complexity index is 1070. The van der Waals surface area contributed by atoms with Gasteiger partial charge in [0.15, 0.2) is 0 Å². The number of nitrogens with zero attached hydrogens (tertiary/aromatic N) is 2. The van der Waals surface area contributed by atoms with Gasteiger partial charge in [0.2, 0.25) is 0 Å². The molecule has 0 radical (unpaired) electrons. The van der Waals surface area contributed by atoms with E-state index < -0.39 is 0 Å². The van der Waals surface area contributed by atoms with Crippen LogP contribution >= 0.6 is 0 Å². The van der Waals surface area contributed by atoms with Crippen molar-refractivity contribution >= 4 is 0 Å². The summed E-state index contributed by atoms with van der Waals surface area (Å²) in [4.78, 5) is 2.41. The number of halogens is 1. The highest BCUT2D eigenvalue weighted by atomic mass is 19.1. The van der Waals surface area contributed by atoms with E-state index >= 15 is 0 Å². The largest absolute Gasteiger partial charge is 0.346 e. The molecule has 4 aromatic rings. The van der Waals surface area contributed by atoms with Crippen LogP contribution in [0.25, 0.3) is 0 Å². The maximum absolute atomic E-state index is 13.3. The van der Waals surface area contributed by atoms with Crippen LogP contribution in [-0.2, 0) is 26.2 Å². The van der Waals surface area contributed by atoms with Crippen LogP contribution in [0.15, 0.2) is 97.2 Å². The first-order chi connectivity index (χ1) is 14.7. The van der Waals surface area contributed by atoms with Gasteiger partial charge in [-0.2, -0.15) is 0 Å². The molecule has 0 aliphatic carbocycles. The second kappa shape index (κ2) is 9.55. The normalized spacial score (nSPS) is 11.2. The summed E-state index contributed by atoms with van der Waals surface area (Å²) in [5, 5.41) is 0. The summed E-state index contributed by atoms with van der Waals surface area (Å²) in [7, 11) is 0. The van der Waals surface area contributed by atoms with Crippen LogP contribution in [0, 0.1) is 12.7 Å². The van der Waals surface area contributed by atoms with Gasteiger partial charge < -0.3 is 4.57 Å². The van der Waals surface area contributed by atoms with Gasteiger partial charge in [-0.3, -0.25) is 4.90 Å². The lowest BCUT2D eigenvalue weighted by atomic mass is 10.1. The molecule has 0 saturated carbocycles. The van der Waals surface area contributed by atoms with E-state index in [1.54, 1.807) is 0 Å². The highest BCUT2D eigenvalue weighted by Crippen LogP contribution is 2.17. The van der Waals surface area contributed by atoms with Crippen molar-refractivity contribution in [2.24, 2.45) is 0 Å². The third kappa shape index (κ3) is 5.46. The molecule has 3 heteroatoms. The van der Waals surface area contributed by atoms with Gasteiger partial charge in [-0.1, -0.05) is 72.3 Å². The zero-order chi connectivity index (χ0) is 20.8. The lowest BCUT2D eigenvalue weighted by Crippen LogP contribution is -2.24. The fourth-order valence-electron chi connectivity index (χ4n) is 3.84. The summed E-state index contributed by atoms with van der Waals surface area (Å²) >= 11 is 0. The maximum atomic E-state index is 13.3. The Morgan fingerprint density at radius 1 is 0.700 bits per heavy atom. The van der Waals surface area contributed by atoms with E-state index in [0.29, 0.717) is 0 Å². The minimum atomic E-state index is -0.194. The van der Waals surface area contributed by atoms with Crippen LogP contribution in [0.1, 0.15) is 27.9 Å². The summed E-state index contributed by atoms with van der Waals surface area (Å²) < 4.78 is 15.7. The smallest absolute Gasteiger partial charge is 0.123 e. The van der Waals surface area contributed by atoms with Crippen LogP contribution < -0.4 is 0 Å². The van der Waals surface area contributed by atoms with E-state index in [-0.39, 0.29) is 5.82 Å². The standard InChI is InChI=1S/C27H27FN2/c1-22-7-5-10-25(17-22)20-30-16-6-11-27(30)21-29(18-23-8-3-2-4-9-23)19-24-12-14-26(28)15-13-24/h2-17H,18-21H2,1H3. The lowest BCUT2D eigenvalue weighted by Gasteiger charge is -2.24. The minimum Gasteiger partial charge on any atom is -0.346 e. The molecule has 0 unspecified atom stereocenters. The topological polar surface area (TPSA) is 8.17 Å². The predicted octanol–water partition coefficient (Wildman–Crippen LogP) is 6.19. The van der Waals surface area contributed by atoms with E-state index in [9.17, 15) is 4.39 Å². The molecule has 0 spiro atoms. The van der Waals surface area contributed by atoms with Crippen LogP contribution in [-0.4, -0.2) is 9.47 Å². The predicted molar refractivity (Wildman–Crippen MR) is 121 cm³/mol. The van der Waals surface area contributed by atoms with Gasteiger partial charge in [-0.05, 0) is 47.9 Å². The van der Waals surface area contributed by atoms with Crippen molar-refractivity contribution in [1.29, 1.82) is 0 Å². The minimum absolute atomic E-state index is 0.194. The van der Waals surface area contributed by atoms with Crippen LogP contribution in [0.5, 0.6) is 0 Å². The fraction of sp³-hybridized carbons (Fsp3) is 0.185. The summed E-state index contributed by atoms with van der Waals surface area (Å²) in [6.07, 6.45) is 2.15. The average Bonchev–Trinajstić information content (AvgIpc) is 3.17. The second-order valence-electron chi connectivity index (χ2n) is 7.87. The molecule has 0 aliphatic rings. The first-order valence-corrected chi connectivity index (χ1v) is 10.4. The number of aryl methyl sites for hydroxylation is 1. The van der Waals surface area contributed by atoms with Gasteiger partial charge in [-0.15, -0.1) is 0 Å². The molecule has 0 N–H and O–H groups in total. The Hall–Kier alpha value is -3.17. The molecule has 0 fully saturated rings. The van der Waals surface area contributed by atoms with Crippen molar-refractivity contribution in [2.45, 2.75) is 33.1 Å². The van der Waals surface area contributed by atoms with Crippen LogP contribution in [0.4, 0.5) is 4.39 Å². The van der Waals surface area contributed by atoms with E-state index in [1.165, 1.54) is 34.5 Å². The number of aromatic nitrogens is 1. The zero-order valence-corrected chi connectivity index (χ0v) is 17.3. The van der Waals surface area contributed by atoms with E-state index in [1.807, 2.05) is 18.2 Å². The Morgan fingerprint density at radius 3 is 2.13 bits per heavy atom. The SMILES string of the molecule is Cc1cccc(Cn2cccc2CN(Cc2ccccc2)Cc2ccc(F)cc2)c1. The third-order valence-corrected chi connectivity index (χ3v) is 5.31. The van der Waals surface area contributed by atoms with Crippen molar-refractivity contribution < 1.29 is 4.39 Å². The molecule has 0 atom stereocenters. The monoisotopic (exact) mass is 398 g/mol. The van der Waals surface area contributed by atoms with Gasteiger partial charge in [0.05, 0.1) is 0 Å². The fourth-order valence-corrected chi connectivity index (χ4v) is 3.84. The average molecular weight is 399 g/mol. The van der Waals surface area contributed by atoms with E-state index in [0.717, 1.165) is 31.7 Å². The molecule has 1 heterocycles. The molecule has 1 aromatic heterocycles. The Balaban J connectivity index is 1.54. The number of hydrogen-bond donors (Lipinski definition) is 0. The molecular weight excluding hydrogens is 371 g/mol. The number of benzene rings is 3. The zero-order valence-electron chi connectivity index (χ0n) is 17.3. The highest BCUT2D eigenvalue weighted by Gasteiger charge is 2.12. The Morgan fingerprint density at radius 2 is 1.40 bits per heavy atom. The summed E-state index contributed by atoms with van der Waals surface area (Å²) in [5.74, 6) is -0.194. The number of rotatable bonds is 8. The molecule has 2 nitrogen and oxygen atoms in total. The molecule has 0 amide bonds. The first kappa shape index (κ1) is 20.1. The number of hydrogen-bond acceptors (Lipinski definition) is 1. The second-order valence-corrected chi connectivity index (χ2v) is 7.87. The van der Waals surface area contributed by atoms with Crippen LogP contribution in [0.3, 0.4) is 0 Å². The quantitative estimate of drug-likeness (QED) is 0.344. The maximum Gasteiger partial charge on any atom is 0.123 e. The molecule has 30 heavy (non-hydrogen) atoms. The van der Waals surface area contributed by atoms with Gasteiger partial charge in [0.1, 0.15) is 5.82 Å². The lowest BCUT2D eigenvalue weighted by molar-refractivity contribution is 0.241. The van der Waals surface area contributed by atoms with Gasteiger partial charge in [-0.25, -0.2) is 4.39 Å². The molecule has 0 saturated heterocycles. The van der Waals surface area contributed by atoms with Crippen molar-refractivity contribution in [3.63, 3.8) is 0 Å².